The summed E-state index contributed by atoms with van der Waals surface area (Å²) < 4.78 is 0. The highest BCUT2D eigenvalue weighted by molar-refractivity contribution is 5.78. The highest BCUT2D eigenvalue weighted by Crippen LogP contribution is 2.12. The number of amides is 1. The predicted molar refractivity (Wildman–Crippen MR) is 75.5 cm³/mol. The molecule has 1 aromatic carbocycles. The van der Waals surface area contributed by atoms with Crippen LogP contribution in [0.15, 0.2) is 30.3 Å². The average molecular weight is 248 g/mol. The Morgan fingerprint density at radius 3 is 2.39 bits per heavy atom. The lowest BCUT2D eigenvalue weighted by atomic mass is 9.95. The molecule has 0 fully saturated rings. The molecule has 0 aromatic heterocycles. The molecule has 0 atom stereocenters. The van der Waals surface area contributed by atoms with E-state index in [0.717, 1.165) is 6.42 Å². The summed E-state index contributed by atoms with van der Waals surface area (Å²) in [6.07, 6.45) is 0.835. The molecule has 0 aliphatic carbocycles. The van der Waals surface area contributed by atoms with Crippen molar-refractivity contribution in [3.63, 3.8) is 0 Å². The quantitative estimate of drug-likeness (QED) is 0.809. The summed E-state index contributed by atoms with van der Waals surface area (Å²) >= 11 is 0. The second-order valence-corrected chi connectivity index (χ2v) is 5.63. The summed E-state index contributed by atoms with van der Waals surface area (Å²) in [5, 5.41) is 6.18. The standard InChI is InChI=1S/C15H24N2O/c1-12(2)16-11-14(18)17-15(3,4)10-13-8-6-5-7-9-13/h5-9,12,16H,10-11H2,1-4H3,(H,17,18). The lowest BCUT2D eigenvalue weighted by molar-refractivity contribution is -0.121. The fourth-order valence-electron chi connectivity index (χ4n) is 1.87. The summed E-state index contributed by atoms with van der Waals surface area (Å²) in [5.74, 6) is 0.0460. The van der Waals surface area contributed by atoms with Gasteiger partial charge >= 0.3 is 0 Å². The first-order chi connectivity index (χ1) is 8.39. The Morgan fingerprint density at radius 1 is 1.22 bits per heavy atom. The van der Waals surface area contributed by atoms with Gasteiger partial charge in [0.1, 0.15) is 0 Å². The van der Waals surface area contributed by atoms with Crippen molar-refractivity contribution < 1.29 is 4.79 Å². The van der Waals surface area contributed by atoms with E-state index < -0.39 is 0 Å². The third-order valence-corrected chi connectivity index (χ3v) is 2.64. The normalized spacial score (nSPS) is 11.6. The summed E-state index contributed by atoms with van der Waals surface area (Å²) in [4.78, 5) is 11.8. The first-order valence-corrected chi connectivity index (χ1v) is 6.47. The Bertz CT molecular complexity index is 371. The Hall–Kier alpha value is -1.35. The fraction of sp³-hybridized carbons (Fsp3) is 0.533. The van der Waals surface area contributed by atoms with Crippen LogP contribution in [0.1, 0.15) is 33.3 Å². The van der Waals surface area contributed by atoms with Crippen molar-refractivity contribution in [1.29, 1.82) is 0 Å². The van der Waals surface area contributed by atoms with E-state index in [0.29, 0.717) is 12.6 Å². The number of nitrogens with one attached hydrogen (secondary N) is 2. The van der Waals surface area contributed by atoms with Crippen LogP contribution in [0, 0.1) is 0 Å². The van der Waals surface area contributed by atoms with Crippen LogP contribution in [0.25, 0.3) is 0 Å². The minimum atomic E-state index is -0.225. The molecule has 3 nitrogen and oxygen atoms in total. The van der Waals surface area contributed by atoms with E-state index in [1.165, 1.54) is 5.56 Å². The van der Waals surface area contributed by atoms with Gasteiger partial charge in [0.05, 0.1) is 6.54 Å². The highest BCUT2D eigenvalue weighted by Gasteiger charge is 2.20. The fourth-order valence-corrected chi connectivity index (χ4v) is 1.87. The van der Waals surface area contributed by atoms with E-state index in [1.807, 2.05) is 45.9 Å². The largest absolute Gasteiger partial charge is 0.350 e. The van der Waals surface area contributed by atoms with Gasteiger partial charge in [0, 0.05) is 11.6 Å². The molecule has 0 saturated heterocycles. The lowest BCUT2D eigenvalue weighted by Crippen LogP contribution is -2.49. The molecule has 1 rings (SSSR count). The van der Waals surface area contributed by atoms with Crippen LogP contribution >= 0.6 is 0 Å². The van der Waals surface area contributed by atoms with Crippen LogP contribution < -0.4 is 10.6 Å². The molecule has 18 heavy (non-hydrogen) atoms. The SMILES string of the molecule is CC(C)NCC(=O)NC(C)(C)Cc1ccccc1. The second kappa shape index (κ2) is 6.55. The second-order valence-electron chi connectivity index (χ2n) is 5.63. The smallest absolute Gasteiger partial charge is 0.234 e. The van der Waals surface area contributed by atoms with Crippen molar-refractivity contribution in [1.82, 2.24) is 10.6 Å². The molecule has 0 aliphatic heterocycles. The van der Waals surface area contributed by atoms with E-state index in [-0.39, 0.29) is 11.4 Å². The van der Waals surface area contributed by atoms with Gasteiger partial charge in [-0.05, 0) is 25.8 Å². The van der Waals surface area contributed by atoms with Gasteiger partial charge in [0.2, 0.25) is 5.91 Å². The van der Waals surface area contributed by atoms with Crippen LogP contribution in [0.4, 0.5) is 0 Å². The molecule has 0 aliphatic rings. The first kappa shape index (κ1) is 14.7. The Kier molecular flexibility index (Phi) is 5.35. The van der Waals surface area contributed by atoms with Crippen molar-refractivity contribution in [2.75, 3.05) is 6.54 Å². The molecular formula is C15H24N2O. The van der Waals surface area contributed by atoms with Gasteiger partial charge in [-0.15, -0.1) is 0 Å². The number of hydrogen-bond donors (Lipinski definition) is 2. The van der Waals surface area contributed by atoms with Crippen molar-refractivity contribution in [2.24, 2.45) is 0 Å². The molecule has 1 amide bonds. The van der Waals surface area contributed by atoms with Crippen LogP contribution in [-0.2, 0) is 11.2 Å². The Labute approximate surface area is 110 Å². The molecule has 0 spiro atoms. The summed E-state index contributed by atoms with van der Waals surface area (Å²) in [7, 11) is 0. The highest BCUT2D eigenvalue weighted by atomic mass is 16.2. The minimum absolute atomic E-state index is 0.0460. The topological polar surface area (TPSA) is 41.1 Å². The van der Waals surface area contributed by atoms with Crippen molar-refractivity contribution in [3.05, 3.63) is 35.9 Å². The molecule has 0 heterocycles. The maximum atomic E-state index is 11.8. The molecule has 0 radical (unpaired) electrons. The number of carbonyl (C=O) groups is 1. The van der Waals surface area contributed by atoms with Crippen LogP contribution in [0.5, 0.6) is 0 Å². The average Bonchev–Trinajstić information content (AvgIpc) is 2.26. The van der Waals surface area contributed by atoms with Crippen molar-refractivity contribution in [3.8, 4) is 0 Å². The summed E-state index contributed by atoms with van der Waals surface area (Å²) in [6.45, 7) is 8.53. The summed E-state index contributed by atoms with van der Waals surface area (Å²) in [6, 6.07) is 10.5. The lowest BCUT2D eigenvalue weighted by Gasteiger charge is -2.27. The Morgan fingerprint density at radius 2 is 1.83 bits per heavy atom. The molecule has 0 unspecified atom stereocenters. The van der Waals surface area contributed by atoms with Gasteiger partial charge in [-0.3, -0.25) is 4.79 Å². The Balaban J connectivity index is 2.46. The molecule has 0 saturated carbocycles. The molecule has 0 bridgehead atoms. The van der Waals surface area contributed by atoms with Crippen LogP contribution in [-0.4, -0.2) is 24.0 Å². The minimum Gasteiger partial charge on any atom is -0.350 e. The molecule has 100 valence electrons. The van der Waals surface area contributed by atoms with Gasteiger partial charge in [0.25, 0.3) is 0 Å². The monoisotopic (exact) mass is 248 g/mol. The summed E-state index contributed by atoms with van der Waals surface area (Å²) in [5.41, 5.74) is 1.01. The predicted octanol–water partition coefficient (Wildman–Crippen LogP) is 2.12. The van der Waals surface area contributed by atoms with E-state index in [4.69, 9.17) is 0 Å². The van der Waals surface area contributed by atoms with Crippen molar-refractivity contribution in [2.45, 2.75) is 45.7 Å². The third kappa shape index (κ3) is 5.82. The number of benzene rings is 1. The maximum Gasteiger partial charge on any atom is 0.234 e. The molecular weight excluding hydrogens is 224 g/mol. The number of rotatable bonds is 6. The third-order valence-electron chi connectivity index (χ3n) is 2.64. The van der Waals surface area contributed by atoms with E-state index in [9.17, 15) is 4.79 Å². The van der Waals surface area contributed by atoms with Crippen molar-refractivity contribution >= 4 is 5.91 Å². The zero-order valence-corrected chi connectivity index (χ0v) is 11.8. The van der Waals surface area contributed by atoms with Gasteiger partial charge in [-0.2, -0.15) is 0 Å². The molecule has 1 aromatic rings. The van der Waals surface area contributed by atoms with E-state index in [1.54, 1.807) is 0 Å². The maximum absolute atomic E-state index is 11.8. The van der Waals surface area contributed by atoms with Gasteiger partial charge in [0.15, 0.2) is 0 Å². The van der Waals surface area contributed by atoms with E-state index in [2.05, 4.69) is 22.8 Å². The number of carbonyl (C=O) groups excluding carboxylic acids is 1. The number of hydrogen-bond acceptors (Lipinski definition) is 2. The van der Waals surface area contributed by atoms with Crippen LogP contribution in [0.3, 0.4) is 0 Å². The van der Waals surface area contributed by atoms with E-state index >= 15 is 0 Å². The zero-order chi connectivity index (χ0) is 13.6. The zero-order valence-electron chi connectivity index (χ0n) is 11.8. The van der Waals surface area contributed by atoms with Crippen LogP contribution in [0.2, 0.25) is 0 Å². The first-order valence-electron chi connectivity index (χ1n) is 6.47. The molecule has 2 N–H and O–H groups in total. The van der Waals surface area contributed by atoms with Gasteiger partial charge in [-0.1, -0.05) is 44.2 Å². The van der Waals surface area contributed by atoms with Gasteiger partial charge < -0.3 is 10.6 Å². The van der Waals surface area contributed by atoms with Gasteiger partial charge in [-0.25, -0.2) is 0 Å². The molecule has 3 heteroatoms.